The molecule has 1 aliphatic rings. The van der Waals surface area contributed by atoms with Gasteiger partial charge in [-0.3, -0.25) is 0 Å². The molecule has 0 aromatic carbocycles. The third-order valence-corrected chi connectivity index (χ3v) is 2.00. The number of hydrogen-bond acceptors (Lipinski definition) is 2. The molecule has 4 heteroatoms. The molecule has 4 nitrogen and oxygen atoms in total. The van der Waals surface area contributed by atoms with E-state index in [4.69, 9.17) is 5.53 Å². The van der Waals surface area contributed by atoms with E-state index in [1.807, 2.05) is 0 Å². The molecule has 0 saturated carbocycles. The van der Waals surface area contributed by atoms with Crippen LogP contribution in [0.25, 0.3) is 10.4 Å². The minimum Gasteiger partial charge on any atom is -0.302 e. The van der Waals surface area contributed by atoms with Gasteiger partial charge in [-0.1, -0.05) is 19.0 Å². The van der Waals surface area contributed by atoms with Gasteiger partial charge in [-0.15, -0.1) is 0 Å². The first-order chi connectivity index (χ1) is 5.72. The zero-order valence-electron chi connectivity index (χ0n) is 7.69. The average Bonchev–Trinajstić information content (AvgIpc) is 2.36. The summed E-state index contributed by atoms with van der Waals surface area (Å²) in [5.41, 5.74) is 8.23. The van der Waals surface area contributed by atoms with Crippen LogP contribution in [-0.2, 0) is 0 Å². The summed E-state index contributed by atoms with van der Waals surface area (Å²) in [6.45, 7) is 7.28. The van der Waals surface area contributed by atoms with Crippen LogP contribution in [0.4, 0.5) is 0 Å². The van der Waals surface area contributed by atoms with Crippen LogP contribution in [0.5, 0.6) is 0 Å². The van der Waals surface area contributed by atoms with E-state index in [0.29, 0.717) is 0 Å². The predicted molar refractivity (Wildman–Crippen MR) is 48.6 cm³/mol. The molecule has 0 aromatic heterocycles. The van der Waals surface area contributed by atoms with Crippen LogP contribution >= 0.6 is 0 Å². The number of rotatable bonds is 3. The Morgan fingerprint density at radius 2 is 2.42 bits per heavy atom. The van der Waals surface area contributed by atoms with Gasteiger partial charge >= 0.3 is 0 Å². The lowest BCUT2D eigenvalue weighted by atomic mass is 10.2. The molecular formula is C8H15N4. The lowest BCUT2D eigenvalue weighted by Crippen LogP contribution is -2.25. The summed E-state index contributed by atoms with van der Waals surface area (Å²) in [5.74, 6) is 1.41. The minimum atomic E-state index is 0.203. The molecule has 1 heterocycles. The molecule has 1 aliphatic heterocycles. The van der Waals surface area contributed by atoms with Crippen molar-refractivity contribution >= 4 is 0 Å². The fourth-order valence-electron chi connectivity index (χ4n) is 1.57. The van der Waals surface area contributed by atoms with E-state index in [9.17, 15) is 0 Å². The summed E-state index contributed by atoms with van der Waals surface area (Å²) in [7, 11) is 0. The first-order valence-corrected chi connectivity index (χ1v) is 4.28. The van der Waals surface area contributed by atoms with Crippen LogP contribution in [0, 0.1) is 5.92 Å². The molecule has 1 fully saturated rings. The first kappa shape index (κ1) is 9.36. The van der Waals surface area contributed by atoms with Crippen molar-refractivity contribution in [2.24, 2.45) is 5.11 Å². The molecular weight excluding hydrogens is 152 g/mol. The molecule has 67 valence electrons. The number of nitrogens with zero attached hydrogens (tertiary/aromatic N) is 4. The molecule has 0 amide bonds. The third kappa shape index (κ3) is 2.72. The fourth-order valence-corrected chi connectivity index (χ4v) is 1.57. The van der Waals surface area contributed by atoms with Crippen LogP contribution in [0.3, 0.4) is 0 Å². The molecule has 0 spiro atoms. The Balaban J connectivity index is 2.30. The predicted octanol–water partition coefficient (Wildman–Crippen LogP) is 1.99. The van der Waals surface area contributed by atoms with Crippen molar-refractivity contribution in [3.63, 3.8) is 0 Å². The molecule has 1 saturated heterocycles. The van der Waals surface area contributed by atoms with Crippen LogP contribution in [0.15, 0.2) is 5.11 Å². The van der Waals surface area contributed by atoms with Gasteiger partial charge in [0.25, 0.3) is 0 Å². The van der Waals surface area contributed by atoms with Gasteiger partial charge in [-0.2, -0.15) is 0 Å². The van der Waals surface area contributed by atoms with E-state index in [1.54, 1.807) is 0 Å². The van der Waals surface area contributed by atoms with Crippen molar-refractivity contribution in [1.29, 1.82) is 0 Å². The van der Waals surface area contributed by atoms with Crippen molar-refractivity contribution in [1.82, 2.24) is 4.90 Å². The number of hydrogen-bond donors (Lipinski definition) is 0. The van der Waals surface area contributed by atoms with Crippen molar-refractivity contribution in [2.75, 3.05) is 19.6 Å². The van der Waals surface area contributed by atoms with Crippen molar-refractivity contribution in [3.05, 3.63) is 16.4 Å². The maximum atomic E-state index is 8.23. The molecule has 1 radical (unpaired) electrons. The molecule has 0 unspecified atom stereocenters. The van der Waals surface area contributed by atoms with Crippen LogP contribution in [0.1, 0.15) is 20.3 Å². The standard InChI is InChI=1S/C8H15N4/c1-7(2)5-12-4-3-8(6-12)10-11-9/h8H,3-6H2,1-2H3/t8-/m0/s1. The van der Waals surface area contributed by atoms with Gasteiger partial charge in [-0.25, -0.2) is 0 Å². The average molecular weight is 167 g/mol. The van der Waals surface area contributed by atoms with E-state index in [-0.39, 0.29) is 6.04 Å². The second-order valence-corrected chi connectivity index (χ2v) is 3.59. The Morgan fingerprint density at radius 3 is 3.00 bits per heavy atom. The van der Waals surface area contributed by atoms with Crippen molar-refractivity contribution in [3.8, 4) is 0 Å². The van der Waals surface area contributed by atoms with Gasteiger partial charge in [0.05, 0.1) is 6.04 Å². The third-order valence-electron chi connectivity index (χ3n) is 2.00. The quantitative estimate of drug-likeness (QED) is 0.360. The van der Waals surface area contributed by atoms with Crippen LogP contribution < -0.4 is 0 Å². The SMILES string of the molecule is C[C](C)CN1CC[C@H](N=[N+]=[N-])C1. The zero-order valence-corrected chi connectivity index (χ0v) is 7.69. The molecule has 1 rings (SSSR count). The van der Waals surface area contributed by atoms with Crippen LogP contribution in [-0.4, -0.2) is 30.6 Å². The molecule has 0 N–H and O–H groups in total. The van der Waals surface area contributed by atoms with Gasteiger partial charge < -0.3 is 4.90 Å². The molecule has 0 aliphatic carbocycles. The summed E-state index contributed by atoms with van der Waals surface area (Å²) >= 11 is 0. The topological polar surface area (TPSA) is 52.0 Å². The lowest BCUT2D eigenvalue weighted by Gasteiger charge is -2.16. The molecule has 0 bridgehead atoms. The Bertz CT molecular complexity index is 183. The maximum absolute atomic E-state index is 8.23. The highest BCUT2D eigenvalue weighted by molar-refractivity contribution is 4.88. The molecule has 12 heavy (non-hydrogen) atoms. The van der Waals surface area contributed by atoms with Crippen molar-refractivity contribution in [2.45, 2.75) is 26.3 Å². The largest absolute Gasteiger partial charge is 0.302 e. The normalized spacial score (nSPS) is 24.4. The first-order valence-electron chi connectivity index (χ1n) is 4.28. The highest BCUT2D eigenvalue weighted by Gasteiger charge is 2.21. The van der Waals surface area contributed by atoms with Gasteiger partial charge in [-0.05, 0) is 24.4 Å². The molecule has 1 atom stereocenters. The Morgan fingerprint density at radius 1 is 1.67 bits per heavy atom. The van der Waals surface area contributed by atoms with Gasteiger partial charge in [0, 0.05) is 18.0 Å². The molecule has 0 aromatic rings. The highest BCUT2D eigenvalue weighted by atomic mass is 15.2. The second kappa shape index (κ2) is 4.33. The summed E-state index contributed by atoms with van der Waals surface area (Å²) in [5, 5.41) is 3.71. The van der Waals surface area contributed by atoms with E-state index < -0.39 is 0 Å². The second-order valence-electron chi connectivity index (χ2n) is 3.59. The van der Waals surface area contributed by atoms with Crippen molar-refractivity contribution < 1.29 is 0 Å². The van der Waals surface area contributed by atoms with E-state index >= 15 is 0 Å². The van der Waals surface area contributed by atoms with E-state index in [2.05, 4.69) is 28.8 Å². The highest BCUT2D eigenvalue weighted by Crippen LogP contribution is 2.14. The lowest BCUT2D eigenvalue weighted by molar-refractivity contribution is 0.347. The monoisotopic (exact) mass is 167 g/mol. The number of likely N-dealkylation sites (tertiary alicyclic amines) is 1. The maximum Gasteiger partial charge on any atom is 0.0513 e. The zero-order chi connectivity index (χ0) is 8.97. The summed E-state index contributed by atoms with van der Waals surface area (Å²) < 4.78 is 0. The van der Waals surface area contributed by atoms with Gasteiger partial charge in [0.15, 0.2) is 0 Å². The Kier molecular flexibility index (Phi) is 3.38. The smallest absolute Gasteiger partial charge is 0.0513 e. The summed E-state index contributed by atoms with van der Waals surface area (Å²) in [6.07, 6.45) is 1.01. The Labute approximate surface area is 73.2 Å². The summed E-state index contributed by atoms with van der Waals surface area (Å²) in [4.78, 5) is 5.15. The van der Waals surface area contributed by atoms with E-state index in [1.165, 1.54) is 5.92 Å². The van der Waals surface area contributed by atoms with Crippen LogP contribution in [0.2, 0.25) is 0 Å². The Hall–Kier alpha value is -0.730. The van der Waals surface area contributed by atoms with Gasteiger partial charge in [0.2, 0.25) is 0 Å². The fraction of sp³-hybridized carbons (Fsp3) is 0.875. The number of azide groups is 1. The summed E-state index contributed by atoms with van der Waals surface area (Å²) in [6, 6.07) is 0.203. The minimum absolute atomic E-state index is 0.203. The van der Waals surface area contributed by atoms with Gasteiger partial charge in [0.1, 0.15) is 0 Å². The van der Waals surface area contributed by atoms with E-state index in [0.717, 1.165) is 26.1 Å².